The molecule has 0 saturated heterocycles. The van der Waals surface area contributed by atoms with Crippen molar-refractivity contribution in [2.75, 3.05) is 0 Å². The van der Waals surface area contributed by atoms with Crippen LogP contribution in [0.15, 0.2) is 103 Å². The van der Waals surface area contributed by atoms with Crippen molar-refractivity contribution in [3.05, 3.63) is 127 Å². The topological polar surface area (TPSA) is 25.8 Å². The van der Waals surface area contributed by atoms with Crippen molar-refractivity contribution in [2.45, 2.75) is 53.8 Å². The molecule has 0 saturated carbocycles. The maximum absolute atomic E-state index is 4.90. The molecule has 0 atom stereocenters. The van der Waals surface area contributed by atoms with E-state index >= 15 is 0 Å². The van der Waals surface area contributed by atoms with E-state index in [0.717, 1.165) is 28.9 Å². The molecule has 4 aromatic carbocycles. The van der Waals surface area contributed by atoms with Crippen LogP contribution >= 0.6 is 22.7 Å². The van der Waals surface area contributed by atoms with Crippen LogP contribution in [0.3, 0.4) is 0 Å². The number of aromatic nitrogens is 2. The maximum atomic E-state index is 4.90. The van der Waals surface area contributed by atoms with E-state index in [1.807, 2.05) is 59.3 Å². The number of benzene rings is 4. The number of thiophene rings is 2. The van der Waals surface area contributed by atoms with Gasteiger partial charge in [0.15, 0.2) is 0 Å². The minimum atomic E-state index is -1.23. The third-order valence-electron chi connectivity index (χ3n) is 8.71. The van der Waals surface area contributed by atoms with E-state index in [-0.39, 0.29) is 25.5 Å². The molecule has 0 aliphatic carbocycles. The van der Waals surface area contributed by atoms with Gasteiger partial charge in [-0.15, -0.1) is 47.5 Å². The van der Waals surface area contributed by atoms with Crippen LogP contribution < -0.4 is 5.19 Å². The molecule has 0 N–H and O–H groups in total. The summed E-state index contributed by atoms with van der Waals surface area (Å²) in [5.41, 5.74) is 7.10. The molecule has 4 aromatic heterocycles. The van der Waals surface area contributed by atoms with E-state index in [2.05, 4.69) is 131 Å². The van der Waals surface area contributed by atoms with Crippen molar-refractivity contribution in [3.8, 4) is 22.5 Å². The van der Waals surface area contributed by atoms with E-state index in [1.165, 1.54) is 56.7 Å². The standard InChI is InChI=1S/C29H24NS2.C14H16NSi.Ir/c1-17-16-30-22(13-18(17)15-29(2,3)4)21-14-25-26(19-9-5-7-11-23(19)31-25)27-20-10-6-8-12-24(20)32-28(21)27;1-16(2,3)13-9-10-14(15-11-13)12-7-5-4-6-8-12;/h5-13,16H,15H2,1-4H3;4-7,9-11H,1-3H3;/q2*-1;. The van der Waals surface area contributed by atoms with E-state index in [1.54, 1.807) is 0 Å². The van der Waals surface area contributed by atoms with Gasteiger partial charge in [0.1, 0.15) is 0 Å². The van der Waals surface area contributed by atoms with Gasteiger partial charge in [0.2, 0.25) is 0 Å². The third-order valence-corrected chi connectivity index (χ3v) is 13.0. The average molecular weight is 869 g/mol. The summed E-state index contributed by atoms with van der Waals surface area (Å²) in [6.07, 6.45) is 5.09. The molecular formula is C43H40IrN2S2Si-2. The summed E-state index contributed by atoms with van der Waals surface area (Å²) in [4.78, 5) is 9.42. The van der Waals surface area contributed by atoms with Crippen molar-refractivity contribution in [1.29, 1.82) is 0 Å². The van der Waals surface area contributed by atoms with E-state index < -0.39 is 8.07 Å². The molecule has 0 unspecified atom stereocenters. The first kappa shape index (κ1) is 35.3. The SMILES string of the molecule is C[Si](C)(C)c1ccc(-c2[c-]cccc2)nc1.Cc1cnc(-c2[c-]c3sc4ccccc4c3c3c2sc2ccccc23)cc1CC(C)(C)C.[Ir]. The predicted octanol–water partition coefficient (Wildman–Crippen LogP) is 12.3. The summed E-state index contributed by atoms with van der Waals surface area (Å²) in [6.45, 7) is 16.1. The molecule has 249 valence electrons. The zero-order valence-corrected chi connectivity index (χ0v) is 34.1. The third kappa shape index (κ3) is 7.36. The Morgan fingerprint density at radius 2 is 1.39 bits per heavy atom. The van der Waals surface area contributed by atoms with Crippen LogP contribution in [0, 0.1) is 24.5 Å². The summed E-state index contributed by atoms with van der Waals surface area (Å²) in [5.74, 6) is 0. The molecule has 4 heterocycles. The Labute approximate surface area is 312 Å². The molecular weight excluding hydrogens is 829 g/mol. The predicted molar refractivity (Wildman–Crippen MR) is 214 cm³/mol. The van der Waals surface area contributed by atoms with Gasteiger partial charge in [0.25, 0.3) is 0 Å². The summed E-state index contributed by atoms with van der Waals surface area (Å²) in [7, 11) is -1.23. The molecule has 6 heteroatoms. The van der Waals surface area contributed by atoms with E-state index in [4.69, 9.17) is 4.98 Å². The van der Waals surface area contributed by atoms with Crippen LogP contribution in [0.2, 0.25) is 19.6 Å². The average Bonchev–Trinajstić information content (AvgIpc) is 3.63. The number of aryl methyl sites for hydroxylation is 1. The number of pyridine rings is 2. The Morgan fingerprint density at radius 1 is 0.735 bits per heavy atom. The fraction of sp³-hybridized carbons (Fsp3) is 0.209. The zero-order valence-electron chi connectivity index (χ0n) is 29.1. The second kappa shape index (κ2) is 14.0. The molecule has 8 aromatic rings. The fourth-order valence-corrected chi connectivity index (χ4v) is 9.58. The Hall–Kier alpha value is -3.51. The van der Waals surface area contributed by atoms with Crippen LogP contribution in [0.4, 0.5) is 0 Å². The zero-order chi connectivity index (χ0) is 33.6. The number of nitrogens with zero attached hydrogens (tertiary/aromatic N) is 2. The fourth-order valence-electron chi connectivity index (χ4n) is 6.22. The van der Waals surface area contributed by atoms with Gasteiger partial charge in [0, 0.05) is 41.9 Å². The summed E-state index contributed by atoms with van der Waals surface area (Å²) >= 11 is 3.70. The van der Waals surface area contributed by atoms with Crippen molar-refractivity contribution in [1.82, 2.24) is 9.97 Å². The first-order chi connectivity index (χ1) is 23.0. The van der Waals surface area contributed by atoms with Gasteiger partial charge < -0.3 is 9.97 Å². The largest absolute Gasteiger partial charge is 0.305 e. The molecule has 0 aliphatic rings. The number of hydrogen-bond acceptors (Lipinski definition) is 4. The molecule has 0 fully saturated rings. The summed E-state index contributed by atoms with van der Waals surface area (Å²) in [5, 5.41) is 6.75. The van der Waals surface area contributed by atoms with Gasteiger partial charge in [-0.2, -0.15) is 22.7 Å². The molecule has 1 radical (unpaired) electrons. The van der Waals surface area contributed by atoms with Gasteiger partial charge in [-0.3, -0.25) is 0 Å². The van der Waals surface area contributed by atoms with Gasteiger partial charge in [0.05, 0.1) is 8.07 Å². The minimum Gasteiger partial charge on any atom is -0.305 e. The summed E-state index contributed by atoms with van der Waals surface area (Å²) in [6, 6.07) is 39.1. The second-order valence-electron chi connectivity index (χ2n) is 14.8. The van der Waals surface area contributed by atoms with Crippen molar-refractivity contribution in [2.24, 2.45) is 5.41 Å². The molecule has 0 aliphatic heterocycles. The van der Waals surface area contributed by atoms with E-state index in [0.29, 0.717) is 0 Å². The number of rotatable bonds is 4. The van der Waals surface area contributed by atoms with Gasteiger partial charge in [-0.05, 0) is 73.2 Å². The van der Waals surface area contributed by atoms with Crippen LogP contribution in [0.25, 0.3) is 62.9 Å². The minimum absolute atomic E-state index is 0. The quantitative estimate of drug-likeness (QED) is 0.130. The monoisotopic (exact) mass is 869 g/mol. The molecule has 49 heavy (non-hydrogen) atoms. The van der Waals surface area contributed by atoms with Crippen molar-refractivity contribution < 1.29 is 20.1 Å². The van der Waals surface area contributed by atoms with Gasteiger partial charge in [-0.1, -0.05) is 111 Å². The Balaban J connectivity index is 0.000000208. The molecule has 8 rings (SSSR count). The first-order valence-corrected chi connectivity index (χ1v) is 21.7. The Kier molecular flexibility index (Phi) is 10.1. The van der Waals surface area contributed by atoms with Crippen molar-refractivity contribution >= 4 is 76.3 Å². The normalized spacial score (nSPS) is 11.9. The Bertz CT molecular complexity index is 2400. The Morgan fingerprint density at radius 3 is 2.02 bits per heavy atom. The van der Waals surface area contributed by atoms with Gasteiger partial charge in [-0.25, -0.2) is 0 Å². The van der Waals surface area contributed by atoms with Crippen LogP contribution in [-0.4, -0.2) is 18.0 Å². The van der Waals surface area contributed by atoms with Crippen LogP contribution in [-0.2, 0) is 26.5 Å². The first-order valence-electron chi connectivity index (χ1n) is 16.5. The molecule has 0 spiro atoms. The summed E-state index contributed by atoms with van der Waals surface area (Å²) < 4.78 is 5.15. The van der Waals surface area contributed by atoms with Gasteiger partial charge >= 0.3 is 0 Å². The molecule has 2 nitrogen and oxygen atoms in total. The van der Waals surface area contributed by atoms with Crippen LogP contribution in [0.1, 0.15) is 31.9 Å². The van der Waals surface area contributed by atoms with Crippen LogP contribution in [0.5, 0.6) is 0 Å². The number of hydrogen-bond donors (Lipinski definition) is 0. The molecule has 0 bridgehead atoms. The second-order valence-corrected chi connectivity index (χ2v) is 22.0. The number of fused-ring (bicyclic) bond motifs is 7. The van der Waals surface area contributed by atoms with E-state index in [9.17, 15) is 0 Å². The smallest absolute Gasteiger partial charge is 0.0795 e. The maximum Gasteiger partial charge on any atom is 0.0795 e. The van der Waals surface area contributed by atoms with Crippen molar-refractivity contribution in [3.63, 3.8) is 0 Å². The molecule has 0 amide bonds.